The van der Waals surface area contributed by atoms with Crippen molar-refractivity contribution in [3.63, 3.8) is 0 Å². The second kappa shape index (κ2) is 8.54. The molecule has 0 fully saturated rings. The smallest absolute Gasteiger partial charge is 0.229 e. The minimum Gasteiger partial charge on any atom is -0.497 e. The number of aromatic nitrogens is 2. The minimum atomic E-state index is 0.555. The Morgan fingerprint density at radius 1 is 1.00 bits per heavy atom. The molecule has 0 saturated carbocycles. The van der Waals surface area contributed by atoms with Crippen LogP contribution >= 0.6 is 11.6 Å². The SMILES string of the molecule is COc1ccc(CCNc2cc(C)nc(Nc3ccc(Cl)cc3)n2)cc1. The lowest BCUT2D eigenvalue weighted by molar-refractivity contribution is 0.414. The van der Waals surface area contributed by atoms with E-state index in [9.17, 15) is 0 Å². The van der Waals surface area contributed by atoms with E-state index in [1.54, 1.807) is 7.11 Å². The van der Waals surface area contributed by atoms with Crippen LogP contribution in [0.4, 0.5) is 17.5 Å². The summed E-state index contributed by atoms with van der Waals surface area (Å²) in [4.78, 5) is 8.95. The maximum atomic E-state index is 5.91. The molecular weight excluding hydrogens is 348 g/mol. The molecule has 6 heteroatoms. The standard InChI is InChI=1S/C20H21ClN4O/c1-14-13-19(22-12-11-15-3-9-18(26-2)10-4-15)25-20(23-14)24-17-7-5-16(21)6-8-17/h3-10,13H,11-12H2,1-2H3,(H2,22,23,24,25). The van der Waals surface area contributed by atoms with Crippen LogP contribution in [0.5, 0.6) is 5.75 Å². The van der Waals surface area contributed by atoms with E-state index >= 15 is 0 Å². The highest BCUT2D eigenvalue weighted by atomic mass is 35.5. The number of aryl methyl sites for hydroxylation is 1. The molecule has 0 spiro atoms. The fraction of sp³-hybridized carbons (Fsp3) is 0.200. The van der Waals surface area contributed by atoms with Crippen molar-refractivity contribution in [2.45, 2.75) is 13.3 Å². The number of nitrogens with one attached hydrogen (secondary N) is 2. The zero-order chi connectivity index (χ0) is 18.4. The molecule has 0 amide bonds. The maximum absolute atomic E-state index is 5.91. The van der Waals surface area contributed by atoms with Gasteiger partial charge in [-0.25, -0.2) is 4.98 Å². The van der Waals surface area contributed by atoms with Gasteiger partial charge in [0.05, 0.1) is 7.11 Å². The molecule has 0 unspecified atom stereocenters. The highest BCUT2D eigenvalue weighted by Gasteiger charge is 2.03. The highest BCUT2D eigenvalue weighted by molar-refractivity contribution is 6.30. The van der Waals surface area contributed by atoms with Crippen molar-refractivity contribution < 1.29 is 4.74 Å². The number of hydrogen-bond donors (Lipinski definition) is 2. The van der Waals surface area contributed by atoms with Crippen LogP contribution in [0.3, 0.4) is 0 Å². The van der Waals surface area contributed by atoms with Crippen LogP contribution in [0.15, 0.2) is 54.6 Å². The lowest BCUT2D eigenvalue weighted by Gasteiger charge is -2.10. The Kier molecular flexibility index (Phi) is 5.92. The van der Waals surface area contributed by atoms with Crippen molar-refractivity contribution in [3.8, 4) is 5.75 Å². The normalized spacial score (nSPS) is 10.4. The predicted octanol–water partition coefficient (Wildman–Crippen LogP) is 4.85. The molecular formula is C20H21ClN4O. The summed E-state index contributed by atoms with van der Waals surface area (Å²) >= 11 is 5.91. The van der Waals surface area contributed by atoms with Crippen LogP contribution in [0.1, 0.15) is 11.3 Å². The van der Waals surface area contributed by atoms with Crippen molar-refractivity contribution in [3.05, 3.63) is 70.9 Å². The van der Waals surface area contributed by atoms with E-state index in [4.69, 9.17) is 16.3 Å². The van der Waals surface area contributed by atoms with E-state index in [1.807, 2.05) is 49.4 Å². The Morgan fingerprint density at radius 2 is 1.73 bits per heavy atom. The third-order valence-electron chi connectivity index (χ3n) is 3.83. The first-order valence-corrected chi connectivity index (χ1v) is 8.75. The second-order valence-electron chi connectivity index (χ2n) is 5.87. The number of hydrogen-bond acceptors (Lipinski definition) is 5. The fourth-order valence-electron chi connectivity index (χ4n) is 2.50. The molecule has 0 aliphatic rings. The van der Waals surface area contributed by atoms with Gasteiger partial charge in [0.1, 0.15) is 11.6 Å². The zero-order valence-corrected chi connectivity index (χ0v) is 15.5. The first-order chi connectivity index (χ1) is 12.6. The molecule has 2 N–H and O–H groups in total. The van der Waals surface area contributed by atoms with Crippen molar-refractivity contribution >= 4 is 29.1 Å². The number of nitrogens with zero attached hydrogens (tertiary/aromatic N) is 2. The Balaban J connectivity index is 1.60. The van der Waals surface area contributed by atoms with E-state index in [-0.39, 0.29) is 0 Å². The molecule has 3 aromatic rings. The minimum absolute atomic E-state index is 0.555. The average Bonchev–Trinajstić information content (AvgIpc) is 2.64. The van der Waals surface area contributed by atoms with Gasteiger partial charge >= 0.3 is 0 Å². The van der Waals surface area contributed by atoms with Crippen LogP contribution in [-0.4, -0.2) is 23.6 Å². The summed E-state index contributed by atoms with van der Waals surface area (Å²) < 4.78 is 5.18. The average molecular weight is 369 g/mol. The van der Waals surface area contributed by atoms with E-state index in [0.29, 0.717) is 11.0 Å². The molecule has 26 heavy (non-hydrogen) atoms. The molecule has 1 heterocycles. The van der Waals surface area contributed by atoms with Gasteiger partial charge < -0.3 is 15.4 Å². The number of rotatable bonds is 7. The van der Waals surface area contributed by atoms with Crippen molar-refractivity contribution in [2.24, 2.45) is 0 Å². The van der Waals surface area contributed by atoms with Gasteiger partial charge in [-0.05, 0) is 55.3 Å². The molecule has 1 aromatic heterocycles. The summed E-state index contributed by atoms with van der Waals surface area (Å²) in [7, 11) is 1.67. The van der Waals surface area contributed by atoms with Crippen molar-refractivity contribution in [1.29, 1.82) is 0 Å². The number of methoxy groups -OCH3 is 1. The van der Waals surface area contributed by atoms with Gasteiger partial charge in [-0.15, -0.1) is 0 Å². The highest BCUT2D eigenvalue weighted by Crippen LogP contribution is 2.18. The van der Waals surface area contributed by atoms with E-state index in [1.165, 1.54) is 5.56 Å². The molecule has 0 aliphatic heterocycles. The molecule has 0 saturated heterocycles. The molecule has 0 radical (unpaired) electrons. The van der Waals surface area contributed by atoms with Crippen LogP contribution in [0.2, 0.25) is 5.02 Å². The summed E-state index contributed by atoms with van der Waals surface area (Å²) in [6, 6.07) is 17.5. The summed E-state index contributed by atoms with van der Waals surface area (Å²) in [5.74, 6) is 2.22. The van der Waals surface area contributed by atoms with E-state index in [0.717, 1.165) is 35.9 Å². The second-order valence-corrected chi connectivity index (χ2v) is 6.31. The molecule has 134 valence electrons. The third-order valence-corrected chi connectivity index (χ3v) is 4.09. The maximum Gasteiger partial charge on any atom is 0.229 e. The van der Waals surface area contributed by atoms with E-state index in [2.05, 4.69) is 32.7 Å². The van der Waals surface area contributed by atoms with Gasteiger partial charge in [0.25, 0.3) is 0 Å². The van der Waals surface area contributed by atoms with Gasteiger partial charge in [-0.3, -0.25) is 0 Å². The molecule has 0 bridgehead atoms. The molecule has 5 nitrogen and oxygen atoms in total. The van der Waals surface area contributed by atoms with Crippen LogP contribution < -0.4 is 15.4 Å². The molecule has 0 atom stereocenters. The van der Waals surface area contributed by atoms with Crippen LogP contribution in [0, 0.1) is 6.92 Å². The number of benzene rings is 2. The Hall–Kier alpha value is -2.79. The van der Waals surface area contributed by atoms with Gasteiger partial charge in [0.15, 0.2) is 0 Å². The number of halogens is 1. The summed E-state index contributed by atoms with van der Waals surface area (Å²) in [5.41, 5.74) is 3.02. The monoisotopic (exact) mass is 368 g/mol. The number of anilines is 3. The third kappa shape index (κ3) is 5.10. The van der Waals surface area contributed by atoms with Gasteiger partial charge in [0, 0.05) is 29.0 Å². The van der Waals surface area contributed by atoms with Crippen molar-refractivity contribution in [2.75, 3.05) is 24.3 Å². The van der Waals surface area contributed by atoms with Crippen molar-refractivity contribution in [1.82, 2.24) is 9.97 Å². The Bertz CT molecular complexity index is 851. The zero-order valence-electron chi connectivity index (χ0n) is 14.8. The first-order valence-electron chi connectivity index (χ1n) is 8.37. The lowest BCUT2D eigenvalue weighted by atomic mass is 10.1. The van der Waals surface area contributed by atoms with Crippen LogP contribution in [-0.2, 0) is 6.42 Å². The van der Waals surface area contributed by atoms with E-state index < -0.39 is 0 Å². The van der Waals surface area contributed by atoms with Crippen LogP contribution in [0.25, 0.3) is 0 Å². The largest absolute Gasteiger partial charge is 0.497 e. The lowest BCUT2D eigenvalue weighted by Crippen LogP contribution is -2.08. The fourth-order valence-corrected chi connectivity index (χ4v) is 2.63. The molecule has 3 rings (SSSR count). The van der Waals surface area contributed by atoms with Gasteiger partial charge in [0.2, 0.25) is 5.95 Å². The topological polar surface area (TPSA) is 59.1 Å². The molecule has 0 aliphatic carbocycles. The summed E-state index contributed by atoms with van der Waals surface area (Å²) in [5, 5.41) is 7.25. The first kappa shape index (κ1) is 18.0. The number of ether oxygens (including phenoxy) is 1. The van der Waals surface area contributed by atoms with Gasteiger partial charge in [-0.2, -0.15) is 4.98 Å². The molecule has 2 aromatic carbocycles. The Labute approximate surface area is 158 Å². The quantitative estimate of drug-likeness (QED) is 0.624. The predicted molar refractivity (Wildman–Crippen MR) is 107 cm³/mol. The Morgan fingerprint density at radius 3 is 2.42 bits per heavy atom. The van der Waals surface area contributed by atoms with Gasteiger partial charge in [-0.1, -0.05) is 23.7 Å². The summed E-state index contributed by atoms with van der Waals surface area (Å²) in [6.45, 7) is 2.73. The summed E-state index contributed by atoms with van der Waals surface area (Å²) in [6.07, 6.45) is 0.896.